The summed E-state index contributed by atoms with van der Waals surface area (Å²) < 4.78 is 13.1. The van der Waals surface area contributed by atoms with E-state index in [0.29, 0.717) is 38.2 Å². The van der Waals surface area contributed by atoms with Crippen LogP contribution in [0.5, 0.6) is 0 Å². The fourth-order valence-corrected chi connectivity index (χ4v) is 3.75. The first-order valence-electron chi connectivity index (χ1n) is 10.4. The summed E-state index contributed by atoms with van der Waals surface area (Å²) in [5.41, 5.74) is 3.20. The molecular formula is C25H24FN3O2. The lowest BCUT2D eigenvalue weighted by Crippen LogP contribution is -2.39. The minimum Gasteiger partial charge on any atom is -0.337 e. The molecule has 0 saturated carbocycles. The van der Waals surface area contributed by atoms with Gasteiger partial charge in [0.1, 0.15) is 5.82 Å². The van der Waals surface area contributed by atoms with Crippen molar-refractivity contribution >= 4 is 17.6 Å². The first kappa shape index (κ1) is 20.6. The number of benzene rings is 3. The molecule has 0 aromatic heterocycles. The van der Waals surface area contributed by atoms with Crippen molar-refractivity contribution in [1.82, 2.24) is 9.80 Å². The fraction of sp³-hybridized carbons (Fsp3) is 0.200. The van der Waals surface area contributed by atoms with Crippen molar-refractivity contribution in [2.45, 2.75) is 6.42 Å². The number of para-hydroxylation sites is 1. The molecular weight excluding hydrogens is 393 g/mol. The van der Waals surface area contributed by atoms with Crippen molar-refractivity contribution in [2.24, 2.45) is 0 Å². The van der Waals surface area contributed by atoms with E-state index >= 15 is 0 Å². The molecule has 158 valence electrons. The molecule has 0 atom stereocenters. The Morgan fingerprint density at radius 3 is 2.16 bits per heavy atom. The minimum atomic E-state index is -0.369. The van der Waals surface area contributed by atoms with Crippen LogP contribution in [0.15, 0.2) is 78.9 Å². The van der Waals surface area contributed by atoms with E-state index in [9.17, 15) is 14.0 Å². The second-order valence-corrected chi connectivity index (χ2v) is 7.48. The van der Waals surface area contributed by atoms with Crippen molar-refractivity contribution in [3.8, 4) is 11.1 Å². The van der Waals surface area contributed by atoms with Gasteiger partial charge in [-0.05, 0) is 42.3 Å². The zero-order chi connectivity index (χ0) is 21.6. The van der Waals surface area contributed by atoms with Crippen molar-refractivity contribution in [3.63, 3.8) is 0 Å². The number of urea groups is 1. The summed E-state index contributed by atoms with van der Waals surface area (Å²) in [7, 11) is 0. The number of hydrogen-bond acceptors (Lipinski definition) is 2. The molecule has 1 saturated heterocycles. The number of nitrogens with zero attached hydrogens (tertiary/aromatic N) is 2. The number of carbonyl (C=O) groups excluding carboxylic acids is 2. The zero-order valence-corrected chi connectivity index (χ0v) is 17.1. The van der Waals surface area contributed by atoms with Gasteiger partial charge in [-0.1, -0.05) is 48.5 Å². The van der Waals surface area contributed by atoms with Gasteiger partial charge in [-0.3, -0.25) is 4.79 Å². The van der Waals surface area contributed by atoms with E-state index in [4.69, 9.17) is 0 Å². The highest BCUT2D eigenvalue weighted by atomic mass is 19.1. The molecule has 6 heteroatoms. The Morgan fingerprint density at radius 2 is 1.39 bits per heavy atom. The largest absolute Gasteiger partial charge is 0.337 e. The smallest absolute Gasteiger partial charge is 0.321 e. The van der Waals surface area contributed by atoms with Crippen molar-refractivity contribution in [1.29, 1.82) is 0 Å². The first-order chi connectivity index (χ1) is 15.1. The Bertz CT molecular complexity index is 1050. The SMILES string of the molecule is O=C(Nc1ccccc1-c1ccccc1)N1CCCN(C(=O)c2ccc(F)cc2)CC1. The lowest BCUT2D eigenvalue weighted by atomic mass is 10.0. The molecule has 4 rings (SSSR count). The van der Waals surface area contributed by atoms with Gasteiger partial charge in [-0.25, -0.2) is 9.18 Å². The maximum Gasteiger partial charge on any atom is 0.321 e. The molecule has 1 aliphatic rings. The van der Waals surface area contributed by atoms with Gasteiger partial charge in [0, 0.05) is 37.3 Å². The normalized spacial score (nSPS) is 14.1. The van der Waals surface area contributed by atoms with Crippen molar-refractivity contribution in [3.05, 3.63) is 90.2 Å². The summed E-state index contributed by atoms with van der Waals surface area (Å²) in [5, 5.41) is 3.03. The summed E-state index contributed by atoms with van der Waals surface area (Å²) in [6, 6.07) is 23.0. The summed E-state index contributed by atoms with van der Waals surface area (Å²) in [5.74, 6) is -0.511. The Hall–Kier alpha value is -3.67. The van der Waals surface area contributed by atoms with Gasteiger partial charge in [0.25, 0.3) is 5.91 Å². The fourth-order valence-electron chi connectivity index (χ4n) is 3.75. The van der Waals surface area contributed by atoms with E-state index in [1.165, 1.54) is 24.3 Å². The van der Waals surface area contributed by atoms with Gasteiger partial charge in [0.2, 0.25) is 0 Å². The third-order valence-electron chi connectivity index (χ3n) is 5.41. The van der Waals surface area contributed by atoms with E-state index in [1.54, 1.807) is 9.80 Å². The molecule has 0 radical (unpaired) electrons. The number of amides is 3. The van der Waals surface area contributed by atoms with E-state index in [-0.39, 0.29) is 17.8 Å². The first-order valence-corrected chi connectivity index (χ1v) is 10.4. The maximum absolute atomic E-state index is 13.1. The molecule has 5 nitrogen and oxygen atoms in total. The predicted octanol–water partition coefficient (Wildman–Crippen LogP) is 4.87. The molecule has 3 amide bonds. The number of anilines is 1. The summed E-state index contributed by atoms with van der Waals surface area (Å²) in [6.45, 7) is 1.99. The second-order valence-electron chi connectivity index (χ2n) is 7.48. The van der Waals surface area contributed by atoms with Crippen LogP contribution in [0, 0.1) is 5.82 Å². The van der Waals surface area contributed by atoms with Crippen LogP contribution >= 0.6 is 0 Å². The average Bonchev–Trinajstić information content (AvgIpc) is 3.06. The van der Waals surface area contributed by atoms with Crippen LogP contribution in [0.3, 0.4) is 0 Å². The van der Waals surface area contributed by atoms with E-state index < -0.39 is 0 Å². The van der Waals surface area contributed by atoms with Crippen LogP contribution < -0.4 is 5.32 Å². The summed E-state index contributed by atoms with van der Waals surface area (Å²) >= 11 is 0. The quantitative estimate of drug-likeness (QED) is 0.661. The lowest BCUT2D eigenvalue weighted by molar-refractivity contribution is 0.0762. The minimum absolute atomic E-state index is 0.142. The predicted molar refractivity (Wildman–Crippen MR) is 119 cm³/mol. The van der Waals surface area contributed by atoms with Crippen LogP contribution in [0.1, 0.15) is 16.8 Å². The van der Waals surface area contributed by atoms with E-state index in [1.807, 2.05) is 54.6 Å². The van der Waals surface area contributed by atoms with Gasteiger partial charge < -0.3 is 15.1 Å². The van der Waals surface area contributed by atoms with Gasteiger partial charge in [0.15, 0.2) is 0 Å². The molecule has 1 N–H and O–H groups in total. The zero-order valence-electron chi connectivity index (χ0n) is 17.1. The number of halogens is 1. The monoisotopic (exact) mass is 417 g/mol. The molecule has 1 fully saturated rings. The summed E-state index contributed by atoms with van der Waals surface area (Å²) in [4.78, 5) is 29.1. The lowest BCUT2D eigenvalue weighted by Gasteiger charge is -2.23. The number of nitrogens with one attached hydrogen (secondary N) is 1. The number of carbonyl (C=O) groups is 2. The topological polar surface area (TPSA) is 52.7 Å². The molecule has 3 aromatic carbocycles. The summed E-state index contributed by atoms with van der Waals surface area (Å²) in [6.07, 6.45) is 0.681. The number of hydrogen-bond donors (Lipinski definition) is 1. The Labute approximate surface area is 181 Å². The molecule has 0 spiro atoms. The van der Waals surface area contributed by atoms with Gasteiger partial charge in [-0.2, -0.15) is 0 Å². The standard InChI is InChI=1S/C25H24FN3O2/c26-21-13-11-20(12-14-21)24(30)28-15-6-16-29(18-17-28)25(31)27-23-10-5-4-9-22(23)19-7-2-1-3-8-19/h1-5,7-14H,6,15-18H2,(H,27,31). The van der Waals surface area contributed by atoms with Crippen LogP contribution in [-0.4, -0.2) is 47.9 Å². The van der Waals surface area contributed by atoms with Crippen LogP contribution in [0.25, 0.3) is 11.1 Å². The van der Waals surface area contributed by atoms with Crippen LogP contribution in [-0.2, 0) is 0 Å². The van der Waals surface area contributed by atoms with E-state index in [0.717, 1.165) is 16.8 Å². The highest BCUT2D eigenvalue weighted by Gasteiger charge is 2.23. The molecule has 1 heterocycles. The van der Waals surface area contributed by atoms with Crippen LogP contribution in [0.2, 0.25) is 0 Å². The van der Waals surface area contributed by atoms with Crippen molar-refractivity contribution in [2.75, 3.05) is 31.5 Å². The molecule has 31 heavy (non-hydrogen) atoms. The van der Waals surface area contributed by atoms with Crippen molar-refractivity contribution < 1.29 is 14.0 Å². The van der Waals surface area contributed by atoms with E-state index in [2.05, 4.69) is 5.32 Å². The molecule has 3 aromatic rings. The third-order valence-corrected chi connectivity index (χ3v) is 5.41. The number of rotatable bonds is 3. The Morgan fingerprint density at radius 1 is 0.742 bits per heavy atom. The van der Waals surface area contributed by atoms with Crippen LogP contribution in [0.4, 0.5) is 14.9 Å². The maximum atomic E-state index is 13.1. The molecule has 1 aliphatic heterocycles. The Kier molecular flexibility index (Phi) is 6.26. The Balaban J connectivity index is 1.42. The molecule has 0 bridgehead atoms. The highest BCUT2D eigenvalue weighted by Crippen LogP contribution is 2.27. The second kappa shape index (κ2) is 9.43. The van der Waals surface area contributed by atoms with Gasteiger partial charge in [0.05, 0.1) is 5.69 Å². The molecule has 0 unspecified atom stereocenters. The third kappa shape index (κ3) is 4.91. The highest BCUT2D eigenvalue weighted by molar-refractivity contribution is 5.95. The average molecular weight is 417 g/mol. The van der Waals surface area contributed by atoms with Gasteiger partial charge in [-0.15, -0.1) is 0 Å². The molecule has 0 aliphatic carbocycles. The van der Waals surface area contributed by atoms with Gasteiger partial charge >= 0.3 is 6.03 Å².